The van der Waals surface area contributed by atoms with E-state index in [9.17, 15) is 4.79 Å². The third kappa shape index (κ3) is 4.51. The smallest absolute Gasteiger partial charge is 0.257 e. The van der Waals surface area contributed by atoms with Crippen LogP contribution in [0.5, 0.6) is 5.75 Å². The highest BCUT2D eigenvalue weighted by atomic mass is 79.9. The number of carbonyl (C=O) groups excluding carboxylic acids is 1. The Morgan fingerprint density at radius 3 is 2.68 bits per heavy atom. The normalized spacial score (nSPS) is 12.1. The van der Waals surface area contributed by atoms with Gasteiger partial charge in [0.05, 0.1) is 24.1 Å². The van der Waals surface area contributed by atoms with E-state index in [0.29, 0.717) is 24.5 Å². The molecular weight excluding hydrogens is 310 g/mol. The quantitative estimate of drug-likeness (QED) is 0.752. The highest BCUT2D eigenvalue weighted by Gasteiger charge is 2.19. The van der Waals surface area contributed by atoms with Gasteiger partial charge in [-0.1, -0.05) is 27.6 Å². The highest BCUT2D eigenvalue weighted by molar-refractivity contribution is 9.09. The van der Waals surface area contributed by atoms with Gasteiger partial charge < -0.3 is 14.4 Å². The minimum atomic E-state index is -0.0545. The number of carbonyl (C=O) groups is 1. The molecule has 1 aromatic rings. The summed E-state index contributed by atoms with van der Waals surface area (Å²) in [6.45, 7) is 3.08. The molecule has 106 valence electrons. The van der Waals surface area contributed by atoms with Crippen LogP contribution in [0.2, 0.25) is 0 Å². The summed E-state index contributed by atoms with van der Waals surface area (Å²) < 4.78 is 10.3. The maximum atomic E-state index is 12.4. The van der Waals surface area contributed by atoms with Crippen LogP contribution in [0.15, 0.2) is 18.2 Å². The Hall–Kier alpha value is -1.07. The summed E-state index contributed by atoms with van der Waals surface area (Å²) >= 11 is 3.48. The molecule has 0 aliphatic heterocycles. The van der Waals surface area contributed by atoms with Crippen LogP contribution in [0.25, 0.3) is 0 Å². The zero-order valence-corrected chi connectivity index (χ0v) is 13.4. The first-order valence-corrected chi connectivity index (χ1v) is 6.94. The Kier molecular flexibility index (Phi) is 6.31. The molecule has 1 amide bonds. The van der Waals surface area contributed by atoms with E-state index >= 15 is 0 Å². The van der Waals surface area contributed by atoms with Crippen molar-refractivity contribution in [1.82, 2.24) is 4.90 Å². The molecule has 0 saturated carbocycles. The zero-order chi connectivity index (χ0) is 14.4. The van der Waals surface area contributed by atoms with E-state index in [0.717, 1.165) is 5.56 Å². The molecular formula is C14H20BrNO3. The molecule has 1 unspecified atom stereocenters. The van der Waals surface area contributed by atoms with Gasteiger partial charge in [-0.3, -0.25) is 4.79 Å². The molecule has 0 aromatic heterocycles. The third-order valence-electron chi connectivity index (χ3n) is 2.75. The zero-order valence-electron chi connectivity index (χ0n) is 11.8. The fraction of sp³-hybridized carbons (Fsp3) is 0.500. The molecule has 0 aliphatic carbocycles. The number of benzene rings is 1. The second-order valence-corrected chi connectivity index (χ2v) is 5.74. The van der Waals surface area contributed by atoms with Crippen LogP contribution in [0.1, 0.15) is 15.9 Å². The first kappa shape index (κ1) is 16.0. The van der Waals surface area contributed by atoms with Crippen molar-refractivity contribution in [3.63, 3.8) is 0 Å². The lowest BCUT2D eigenvalue weighted by Crippen LogP contribution is -2.34. The van der Waals surface area contributed by atoms with E-state index in [1.165, 1.54) is 0 Å². The summed E-state index contributed by atoms with van der Waals surface area (Å²) in [5.41, 5.74) is 1.62. The van der Waals surface area contributed by atoms with Gasteiger partial charge in [-0.05, 0) is 19.1 Å². The van der Waals surface area contributed by atoms with Gasteiger partial charge >= 0.3 is 0 Å². The summed E-state index contributed by atoms with van der Waals surface area (Å²) in [5.74, 6) is 0.543. The number of nitrogens with zero attached hydrogens (tertiary/aromatic N) is 1. The SMILES string of the molecule is COCC(Br)CN(C)C(=O)c1cc(C)ccc1OC. The Morgan fingerprint density at radius 2 is 2.11 bits per heavy atom. The predicted molar refractivity (Wildman–Crippen MR) is 79.3 cm³/mol. The Bertz CT molecular complexity index is 437. The monoisotopic (exact) mass is 329 g/mol. The average Bonchev–Trinajstić information content (AvgIpc) is 2.37. The fourth-order valence-corrected chi connectivity index (χ4v) is 2.51. The number of alkyl halides is 1. The van der Waals surface area contributed by atoms with Crippen molar-refractivity contribution in [1.29, 1.82) is 0 Å². The van der Waals surface area contributed by atoms with Gasteiger partial charge in [0.1, 0.15) is 5.75 Å². The van der Waals surface area contributed by atoms with Crippen LogP contribution in [0, 0.1) is 6.92 Å². The Morgan fingerprint density at radius 1 is 1.42 bits per heavy atom. The molecule has 0 N–H and O–H groups in total. The lowest BCUT2D eigenvalue weighted by Gasteiger charge is -2.21. The van der Waals surface area contributed by atoms with E-state index in [-0.39, 0.29) is 10.7 Å². The first-order valence-electron chi connectivity index (χ1n) is 6.02. The number of methoxy groups -OCH3 is 2. The van der Waals surface area contributed by atoms with E-state index in [4.69, 9.17) is 9.47 Å². The van der Waals surface area contributed by atoms with E-state index in [1.54, 1.807) is 26.2 Å². The molecule has 1 rings (SSSR count). The molecule has 5 heteroatoms. The van der Waals surface area contributed by atoms with Crippen LogP contribution < -0.4 is 4.74 Å². The maximum absolute atomic E-state index is 12.4. The van der Waals surface area contributed by atoms with Crippen molar-refractivity contribution < 1.29 is 14.3 Å². The molecule has 0 radical (unpaired) electrons. The van der Waals surface area contributed by atoms with E-state index < -0.39 is 0 Å². The van der Waals surface area contributed by atoms with Gasteiger partial charge in [0.15, 0.2) is 0 Å². The third-order valence-corrected chi connectivity index (χ3v) is 3.31. The molecule has 0 saturated heterocycles. The maximum Gasteiger partial charge on any atom is 0.257 e. The molecule has 19 heavy (non-hydrogen) atoms. The highest BCUT2D eigenvalue weighted by Crippen LogP contribution is 2.21. The number of ether oxygens (including phenoxy) is 2. The first-order chi connectivity index (χ1) is 8.99. The predicted octanol–water partition coefficient (Wildman–Crippen LogP) is 2.49. The lowest BCUT2D eigenvalue weighted by atomic mass is 10.1. The number of hydrogen-bond donors (Lipinski definition) is 0. The van der Waals surface area contributed by atoms with Gasteiger partial charge in [0, 0.05) is 20.7 Å². The summed E-state index contributed by atoms with van der Waals surface area (Å²) in [7, 11) is 4.98. The molecule has 4 nitrogen and oxygen atoms in total. The molecule has 0 heterocycles. The number of rotatable bonds is 6. The van der Waals surface area contributed by atoms with Gasteiger partial charge in [-0.2, -0.15) is 0 Å². The molecule has 0 fully saturated rings. The topological polar surface area (TPSA) is 38.8 Å². The minimum Gasteiger partial charge on any atom is -0.496 e. The number of halogens is 1. The van der Waals surface area contributed by atoms with Crippen LogP contribution in [-0.2, 0) is 4.74 Å². The van der Waals surface area contributed by atoms with Crippen LogP contribution in [0.3, 0.4) is 0 Å². The Balaban J connectivity index is 2.84. The van der Waals surface area contributed by atoms with Crippen molar-refractivity contribution in [2.45, 2.75) is 11.8 Å². The molecule has 0 aliphatic rings. The number of aryl methyl sites for hydroxylation is 1. The second kappa shape index (κ2) is 7.50. The number of amides is 1. The van der Waals surface area contributed by atoms with Gasteiger partial charge in [-0.25, -0.2) is 0 Å². The second-order valence-electron chi connectivity index (χ2n) is 4.44. The fourth-order valence-electron chi connectivity index (χ4n) is 1.81. The summed E-state index contributed by atoms with van der Waals surface area (Å²) in [4.78, 5) is 14.2. The molecule has 1 atom stereocenters. The molecule has 0 bridgehead atoms. The van der Waals surface area contributed by atoms with Gasteiger partial charge in [0.25, 0.3) is 5.91 Å². The number of hydrogen-bond acceptors (Lipinski definition) is 3. The summed E-state index contributed by atoms with van der Waals surface area (Å²) in [6.07, 6.45) is 0. The van der Waals surface area contributed by atoms with Crippen molar-refractivity contribution in [3.8, 4) is 5.75 Å². The Labute approximate surface area is 122 Å². The molecule has 0 spiro atoms. The van der Waals surface area contributed by atoms with Gasteiger partial charge in [-0.15, -0.1) is 0 Å². The van der Waals surface area contributed by atoms with Crippen LogP contribution in [0.4, 0.5) is 0 Å². The largest absolute Gasteiger partial charge is 0.496 e. The van der Waals surface area contributed by atoms with Crippen molar-refractivity contribution >= 4 is 21.8 Å². The average molecular weight is 330 g/mol. The van der Waals surface area contributed by atoms with E-state index in [2.05, 4.69) is 15.9 Å². The standard InChI is InChI=1S/C14H20BrNO3/c1-10-5-6-13(19-4)12(7-10)14(17)16(2)8-11(15)9-18-3/h5-7,11H,8-9H2,1-4H3. The van der Waals surface area contributed by atoms with Crippen LogP contribution >= 0.6 is 15.9 Å². The van der Waals surface area contributed by atoms with E-state index in [1.807, 2.05) is 25.1 Å². The minimum absolute atomic E-state index is 0.0545. The van der Waals surface area contributed by atoms with Crippen molar-refractivity contribution in [3.05, 3.63) is 29.3 Å². The van der Waals surface area contributed by atoms with Crippen molar-refractivity contribution in [2.75, 3.05) is 34.4 Å². The molecule has 1 aromatic carbocycles. The van der Waals surface area contributed by atoms with Crippen LogP contribution in [-0.4, -0.2) is 50.1 Å². The summed E-state index contributed by atoms with van der Waals surface area (Å²) in [6, 6.07) is 5.59. The lowest BCUT2D eigenvalue weighted by molar-refractivity contribution is 0.0780. The van der Waals surface area contributed by atoms with Crippen molar-refractivity contribution in [2.24, 2.45) is 0 Å². The van der Waals surface area contributed by atoms with Gasteiger partial charge in [0.2, 0.25) is 0 Å². The summed E-state index contributed by atoms with van der Waals surface area (Å²) in [5, 5.41) is 0.